The van der Waals surface area contributed by atoms with Gasteiger partial charge in [0.15, 0.2) is 6.61 Å². The van der Waals surface area contributed by atoms with E-state index in [1.165, 1.54) is 12.1 Å². The summed E-state index contributed by atoms with van der Waals surface area (Å²) in [5, 5.41) is 0. The number of piperazine rings is 1. The molecule has 1 saturated heterocycles. The molecular formula is C23H29FN2O3. The lowest BCUT2D eigenvalue weighted by atomic mass is 10.0. The highest BCUT2D eigenvalue weighted by Gasteiger charge is 2.22. The highest BCUT2D eigenvalue weighted by atomic mass is 19.1. The number of carbonyl (C=O) groups excluding carboxylic acids is 1. The van der Waals surface area contributed by atoms with E-state index in [1.807, 2.05) is 29.2 Å². The van der Waals surface area contributed by atoms with Gasteiger partial charge >= 0.3 is 0 Å². The van der Waals surface area contributed by atoms with Gasteiger partial charge < -0.3 is 14.4 Å². The number of methoxy groups -OCH3 is 1. The smallest absolute Gasteiger partial charge is 0.260 e. The minimum atomic E-state index is -0.270. The summed E-state index contributed by atoms with van der Waals surface area (Å²) in [4.78, 5) is 16.6. The molecule has 156 valence electrons. The topological polar surface area (TPSA) is 42.0 Å². The van der Waals surface area contributed by atoms with Crippen molar-refractivity contribution < 1.29 is 18.7 Å². The summed E-state index contributed by atoms with van der Waals surface area (Å²) in [6.07, 6.45) is 0. The molecule has 0 atom stereocenters. The van der Waals surface area contributed by atoms with Gasteiger partial charge in [0.2, 0.25) is 0 Å². The van der Waals surface area contributed by atoms with Crippen LogP contribution in [0.5, 0.6) is 11.5 Å². The Hall–Kier alpha value is -2.60. The van der Waals surface area contributed by atoms with Gasteiger partial charge in [-0.25, -0.2) is 4.39 Å². The number of carbonyl (C=O) groups is 1. The van der Waals surface area contributed by atoms with E-state index in [1.54, 1.807) is 13.2 Å². The zero-order valence-corrected chi connectivity index (χ0v) is 17.4. The fraction of sp³-hybridized carbons (Fsp3) is 0.435. The number of rotatable bonds is 7. The Balaban J connectivity index is 1.51. The lowest BCUT2D eigenvalue weighted by molar-refractivity contribution is -0.135. The number of halogens is 1. The quantitative estimate of drug-likeness (QED) is 0.711. The predicted molar refractivity (Wildman–Crippen MR) is 111 cm³/mol. The minimum absolute atomic E-state index is 0.00783. The Kier molecular flexibility index (Phi) is 7.09. The second kappa shape index (κ2) is 9.74. The molecule has 0 radical (unpaired) electrons. The van der Waals surface area contributed by atoms with Crippen molar-refractivity contribution in [2.75, 3.05) is 39.9 Å². The monoisotopic (exact) mass is 400 g/mol. The number of hydrogen-bond donors (Lipinski definition) is 0. The molecule has 1 aliphatic heterocycles. The van der Waals surface area contributed by atoms with E-state index < -0.39 is 0 Å². The third-order valence-corrected chi connectivity index (χ3v) is 5.25. The van der Waals surface area contributed by atoms with Crippen molar-refractivity contribution in [2.45, 2.75) is 26.3 Å². The van der Waals surface area contributed by atoms with Crippen LogP contribution in [-0.4, -0.2) is 55.6 Å². The van der Waals surface area contributed by atoms with Gasteiger partial charge in [-0.3, -0.25) is 9.69 Å². The third kappa shape index (κ3) is 5.48. The van der Waals surface area contributed by atoms with Crippen LogP contribution in [0.1, 0.15) is 30.9 Å². The summed E-state index contributed by atoms with van der Waals surface area (Å²) < 4.78 is 24.7. The number of para-hydroxylation sites is 1. The van der Waals surface area contributed by atoms with Gasteiger partial charge in [-0.2, -0.15) is 0 Å². The van der Waals surface area contributed by atoms with Crippen molar-refractivity contribution in [2.24, 2.45) is 0 Å². The highest BCUT2D eigenvalue weighted by Crippen LogP contribution is 2.26. The molecule has 3 rings (SSSR count). The van der Waals surface area contributed by atoms with Crippen molar-refractivity contribution in [3.05, 3.63) is 59.4 Å². The average molecular weight is 400 g/mol. The molecule has 0 saturated carbocycles. The first-order valence-corrected chi connectivity index (χ1v) is 10.0. The summed E-state index contributed by atoms with van der Waals surface area (Å²) in [6.45, 7) is 7.58. The molecule has 0 N–H and O–H groups in total. The van der Waals surface area contributed by atoms with Crippen molar-refractivity contribution in [3.63, 3.8) is 0 Å². The zero-order chi connectivity index (χ0) is 20.8. The molecule has 2 aromatic rings. The standard InChI is InChI=1S/C23H29FN2O3/c1-17(2)20-6-4-5-7-22(20)29-16-23(27)26-12-10-25(11-13-26)15-18-14-19(24)8-9-21(18)28-3/h4-9,14,17H,10-13,15-16H2,1-3H3. The third-order valence-electron chi connectivity index (χ3n) is 5.25. The largest absolute Gasteiger partial charge is 0.496 e. The summed E-state index contributed by atoms with van der Waals surface area (Å²) in [6, 6.07) is 12.4. The maximum Gasteiger partial charge on any atom is 0.260 e. The summed E-state index contributed by atoms with van der Waals surface area (Å²) in [5.41, 5.74) is 1.93. The second-order valence-corrected chi connectivity index (χ2v) is 7.59. The number of ether oxygens (including phenoxy) is 2. The van der Waals surface area contributed by atoms with E-state index >= 15 is 0 Å². The van der Waals surface area contributed by atoms with E-state index in [0.717, 1.165) is 30.0 Å². The van der Waals surface area contributed by atoms with Crippen LogP contribution in [-0.2, 0) is 11.3 Å². The molecule has 2 aromatic carbocycles. The lowest BCUT2D eigenvalue weighted by Crippen LogP contribution is -2.49. The summed E-state index contributed by atoms with van der Waals surface area (Å²) in [7, 11) is 1.59. The predicted octanol–water partition coefficient (Wildman–Crippen LogP) is 3.68. The Bertz CT molecular complexity index is 833. The minimum Gasteiger partial charge on any atom is -0.496 e. The van der Waals surface area contributed by atoms with Gasteiger partial charge in [-0.1, -0.05) is 32.0 Å². The van der Waals surface area contributed by atoms with Crippen LogP contribution in [0.15, 0.2) is 42.5 Å². The molecule has 0 bridgehead atoms. The van der Waals surface area contributed by atoms with E-state index in [0.29, 0.717) is 31.3 Å². The number of benzene rings is 2. The molecular weight excluding hydrogens is 371 g/mol. The molecule has 0 aromatic heterocycles. The molecule has 1 heterocycles. The van der Waals surface area contributed by atoms with Crippen LogP contribution in [0.3, 0.4) is 0 Å². The first kappa shape index (κ1) is 21.1. The SMILES string of the molecule is COc1ccc(F)cc1CN1CCN(C(=O)COc2ccccc2C(C)C)CC1. The van der Waals surface area contributed by atoms with Gasteiger partial charge in [-0.15, -0.1) is 0 Å². The molecule has 1 aliphatic rings. The van der Waals surface area contributed by atoms with Crippen molar-refractivity contribution in [3.8, 4) is 11.5 Å². The Morgan fingerprint density at radius 2 is 1.79 bits per heavy atom. The molecule has 0 unspecified atom stereocenters. The zero-order valence-electron chi connectivity index (χ0n) is 17.4. The van der Waals surface area contributed by atoms with Gasteiger partial charge in [0.05, 0.1) is 7.11 Å². The van der Waals surface area contributed by atoms with Crippen LogP contribution in [0.2, 0.25) is 0 Å². The van der Waals surface area contributed by atoms with Gasteiger partial charge in [0, 0.05) is 38.3 Å². The van der Waals surface area contributed by atoms with Crippen molar-refractivity contribution in [1.29, 1.82) is 0 Å². The van der Waals surface area contributed by atoms with E-state index in [9.17, 15) is 9.18 Å². The van der Waals surface area contributed by atoms with Crippen LogP contribution in [0, 0.1) is 5.82 Å². The molecule has 1 amide bonds. The van der Waals surface area contributed by atoms with Crippen LogP contribution >= 0.6 is 0 Å². The average Bonchev–Trinajstić information content (AvgIpc) is 2.73. The summed E-state index contributed by atoms with van der Waals surface area (Å²) >= 11 is 0. The normalized spacial score (nSPS) is 14.9. The fourth-order valence-corrected chi connectivity index (χ4v) is 3.59. The highest BCUT2D eigenvalue weighted by molar-refractivity contribution is 5.78. The van der Waals surface area contributed by atoms with E-state index in [4.69, 9.17) is 9.47 Å². The molecule has 0 aliphatic carbocycles. The van der Waals surface area contributed by atoms with Crippen molar-refractivity contribution in [1.82, 2.24) is 9.80 Å². The molecule has 1 fully saturated rings. The Labute approximate surface area is 172 Å². The number of amides is 1. The first-order valence-electron chi connectivity index (χ1n) is 10.0. The second-order valence-electron chi connectivity index (χ2n) is 7.59. The Morgan fingerprint density at radius 1 is 1.07 bits per heavy atom. The molecule has 6 heteroatoms. The van der Waals surface area contributed by atoms with E-state index in [2.05, 4.69) is 18.7 Å². The van der Waals surface area contributed by atoms with Crippen LogP contribution in [0.4, 0.5) is 4.39 Å². The van der Waals surface area contributed by atoms with Crippen LogP contribution < -0.4 is 9.47 Å². The van der Waals surface area contributed by atoms with Gasteiger partial charge in [0.25, 0.3) is 5.91 Å². The molecule has 0 spiro atoms. The maximum absolute atomic E-state index is 13.6. The van der Waals surface area contributed by atoms with Crippen LogP contribution in [0.25, 0.3) is 0 Å². The maximum atomic E-state index is 13.6. The van der Waals surface area contributed by atoms with Gasteiger partial charge in [0.1, 0.15) is 17.3 Å². The summed E-state index contributed by atoms with van der Waals surface area (Å²) in [5.74, 6) is 1.51. The molecule has 29 heavy (non-hydrogen) atoms. The first-order chi connectivity index (χ1) is 14.0. The van der Waals surface area contributed by atoms with Crippen molar-refractivity contribution >= 4 is 5.91 Å². The number of nitrogens with zero attached hydrogens (tertiary/aromatic N) is 2. The fourth-order valence-electron chi connectivity index (χ4n) is 3.59. The van der Waals surface area contributed by atoms with Gasteiger partial charge in [-0.05, 0) is 35.7 Å². The molecule has 5 nitrogen and oxygen atoms in total. The number of hydrogen-bond acceptors (Lipinski definition) is 4. The lowest BCUT2D eigenvalue weighted by Gasteiger charge is -2.35. The Morgan fingerprint density at radius 3 is 2.48 bits per heavy atom. The van der Waals surface area contributed by atoms with E-state index in [-0.39, 0.29) is 18.3 Å².